The van der Waals surface area contributed by atoms with E-state index in [1.807, 2.05) is 41.2 Å². The molecule has 3 aromatic rings. The number of sulfonamides is 1. The predicted molar refractivity (Wildman–Crippen MR) is 104 cm³/mol. The molecule has 6 nitrogen and oxygen atoms in total. The molecule has 0 aliphatic rings. The average Bonchev–Trinajstić information content (AvgIpc) is 2.66. The average molecular weight is 405 g/mol. The van der Waals surface area contributed by atoms with Gasteiger partial charge in [-0.1, -0.05) is 48.0 Å². The molecule has 0 fully saturated rings. The van der Waals surface area contributed by atoms with Gasteiger partial charge in [0.05, 0.1) is 4.90 Å². The van der Waals surface area contributed by atoms with E-state index >= 15 is 0 Å². The zero-order valence-electron chi connectivity index (χ0n) is 14.3. The molecule has 0 bridgehead atoms. The lowest BCUT2D eigenvalue weighted by Gasteiger charge is -2.15. The summed E-state index contributed by atoms with van der Waals surface area (Å²) >= 11 is 5.80. The number of hydrazine groups is 1. The van der Waals surface area contributed by atoms with Crippen LogP contribution in [0.1, 0.15) is 6.92 Å². The molecule has 0 aromatic heterocycles. The number of carbonyl (C=O) groups is 1. The highest BCUT2D eigenvalue weighted by molar-refractivity contribution is 7.89. The van der Waals surface area contributed by atoms with E-state index in [9.17, 15) is 13.2 Å². The topological polar surface area (TPSA) is 84.5 Å². The van der Waals surface area contributed by atoms with Crippen LogP contribution in [0.2, 0.25) is 5.02 Å². The molecule has 3 aromatic carbocycles. The van der Waals surface area contributed by atoms with Crippen LogP contribution in [0.25, 0.3) is 10.8 Å². The quantitative estimate of drug-likeness (QED) is 0.617. The van der Waals surface area contributed by atoms with Crippen molar-refractivity contribution in [3.63, 3.8) is 0 Å². The molecule has 140 valence electrons. The fraction of sp³-hybridized carbons (Fsp3) is 0.105. The fourth-order valence-electron chi connectivity index (χ4n) is 2.41. The minimum absolute atomic E-state index is 0.0570. The van der Waals surface area contributed by atoms with Gasteiger partial charge in [0.15, 0.2) is 6.10 Å². The number of hydrogen-bond donors (Lipinski definition) is 2. The molecular weight excluding hydrogens is 388 g/mol. The van der Waals surface area contributed by atoms with Crippen LogP contribution in [0.15, 0.2) is 71.6 Å². The van der Waals surface area contributed by atoms with Crippen LogP contribution >= 0.6 is 11.6 Å². The number of nitrogens with one attached hydrogen (secondary N) is 2. The summed E-state index contributed by atoms with van der Waals surface area (Å²) in [5.41, 5.74) is 2.15. The van der Waals surface area contributed by atoms with Gasteiger partial charge in [-0.05, 0) is 48.0 Å². The van der Waals surface area contributed by atoms with Crippen molar-refractivity contribution in [1.82, 2.24) is 10.3 Å². The molecule has 0 spiro atoms. The van der Waals surface area contributed by atoms with Gasteiger partial charge in [0.2, 0.25) is 0 Å². The number of amides is 1. The molecular formula is C19H17ClN2O4S. The number of ether oxygens (including phenoxy) is 1. The Morgan fingerprint density at radius 1 is 1.00 bits per heavy atom. The van der Waals surface area contributed by atoms with Gasteiger partial charge in [-0.3, -0.25) is 10.2 Å². The normalized spacial score (nSPS) is 12.5. The Morgan fingerprint density at radius 2 is 1.74 bits per heavy atom. The summed E-state index contributed by atoms with van der Waals surface area (Å²) < 4.78 is 30.0. The highest BCUT2D eigenvalue weighted by atomic mass is 35.5. The van der Waals surface area contributed by atoms with Crippen LogP contribution in [0, 0.1) is 0 Å². The summed E-state index contributed by atoms with van der Waals surface area (Å²) in [5.74, 6) is -0.122. The number of benzene rings is 3. The Morgan fingerprint density at radius 3 is 2.48 bits per heavy atom. The molecule has 0 heterocycles. The van der Waals surface area contributed by atoms with Crippen molar-refractivity contribution in [2.75, 3.05) is 0 Å². The van der Waals surface area contributed by atoms with E-state index in [2.05, 4.69) is 5.43 Å². The van der Waals surface area contributed by atoms with E-state index in [1.165, 1.54) is 25.1 Å². The molecule has 0 aliphatic carbocycles. The maximum Gasteiger partial charge on any atom is 0.275 e. The third kappa shape index (κ3) is 4.77. The van der Waals surface area contributed by atoms with Crippen LogP contribution in [0.4, 0.5) is 0 Å². The number of hydrogen-bond acceptors (Lipinski definition) is 4. The monoisotopic (exact) mass is 404 g/mol. The minimum atomic E-state index is -3.93. The summed E-state index contributed by atoms with van der Waals surface area (Å²) in [6, 6.07) is 18.9. The molecule has 3 rings (SSSR count). The largest absolute Gasteiger partial charge is 0.481 e. The maximum atomic E-state index is 12.2. The van der Waals surface area contributed by atoms with Crippen LogP contribution in [-0.2, 0) is 14.8 Å². The molecule has 27 heavy (non-hydrogen) atoms. The first-order valence-electron chi connectivity index (χ1n) is 8.08. The first kappa shape index (κ1) is 19.2. The maximum absolute atomic E-state index is 12.2. The molecule has 1 amide bonds. The van der Waals surface area contributed by atoms with Gasteiger partial charge in [-0.15, -0.1) is 4.83 Å². The van der Waals surface area contributed by atoms with Gasteiger partial charge in [0.1, 0.15) is 5.75 Å². The van der Waals surface area contributed by atoms with Gasteiger partial charge in [0.25, 0.3) is 15.9 Å². The number of halogens is 1. The van der Waals surface area contributed by atoms with E-state index in [0.717, 1.165) is 10.8 Å². The molecule has 0 saturated carbocycles. The van der Waals surface area contributed by atoms with Gasteiger partial charge in [-0.25, -0.2) is 8.42 Å². The molecule has 0 aliphatic heterocycles. The fourth-order valence-corrected chi connectivity index (χ4v) is 3.56. The smallest absolute Gasteiger partial charge is 0.275 e. The zero-order valence-corrected chi connectivity index (χ0v) is 15.9. The Kier molecular flexibility index (Phi) is 5.65. The predicted octanol–water partition coefficient (Wildman–Crippen LogP) is 3.27. The number of rotatable bonds is 6. The summed E-state index contributed by atoms with van der Waals surface area (Å²) in [5, 5.41) is 2.30. The first-order valence-corrected chi connectivity index (χ1v) is 9.94. The lowest BCUT2D eigenvalue weighted by Crippen LogP contribution is -2.47. The van der Waals surface area contributed by atoms with E-state index in [1.54, 1.807) is 12.1 Å². The van der Waals surface area contributed by atoms with Crippen LogP contribution in [-0.4, -0.2) is 20.4 Å². The number of carbonyl (C=O) groups excluding carboxylic acids is 1. The Hall–Kier alpha value is -2.61. The second kappa shape index (κ2) is 7.96. The van der Waals surface area contributed by atoms with Crippen LogP contribution < -0.4 is 15.0 Å². The number of fused-ring (bicyclic) bond motifs is 1. The van der Waals surface area contributed by atoms with Gasteiger partial charge < -0.3 is 4.74 Å². The van der Waals surface area contributed by atoms with Crippen LogP contribution in [0.5, 0.6) is 5.75 Å². The van der Waals surface area contributed by atoms with E-state index in [0.29, 0.717) is 5.75 Å². The second-order valence-electron chi connectivity index (χ2n) is 5.82. The van der Waals surface area contributed by atoms with Crippen molar-refractivity contribution < 1.29 is 17.9 Å². The van der Waals surface area contributed by atoms with Crippen molar-refractivity contribution in [2.45, 2.75) is 17.9 Å². The van der Waals surface area contributed by atoms with Gasteiger partial charge in [0, 0.05) is 5.02 Å². The standard InChI is InChI=1S/C19H17ClN2O4S/c1-13(26-17-10-9-14-5-2-3-6-15(14)11-17)19(23)21-22-27(24,25)18-8-4-7-16(20)12-18/h2-13,22H,1H3,(H,21,23)/t13-/m1/s1. The Labute approximate surface area is 162 Å². The Bertz CT molecular complexity index is 1090. The molecule has 2 N–H and O–H groups in total. The molecule has 8 heteroatoms. The summed E-state index contributed by atoms with van der Waals surface area (Å²) in [7, 11) is -3.93. The third-order valence-corrected chi connectivity index (χ3v) is 5.30. The SMILES string of the molecule is C[C@@H](Oc1ccc2ccccc2c1)C(=O)NNS(=O)(=O)c1cccc(Cl)c1. The Balaban J connectivity index is 1.63. The van der Waals surface area contributed by atoms with Crippen molar-refractivity contribution in [2.24, 2.45) is 0 Å². The van der Waals surface area contributed by atoms with Gasteiger partial charge in [-0.2, -0.15) is 0 Å². The van der Waals surface area contributed by atoms with Crippen LogP contribution in [0.3, 0.4) is 0 Å². The van der Waals surface area contributed by atoms with E-state index < -0.39 is 22.0 Å². The molecule has 0 saturated heterocycles. The summed E-state index contributed by atoms with van der Waals surface area (Å²) in [4.78, 5) is 14.1. The van der Waals surface area contributed by atoms with E-state index in [-0.39, 0.29) is 9.92 Å². The highest BCUT2D eigenvalue weighted by Crippen LogP contribution is 2.21. The third-order valence-electron chi connectivity index (χ3n) is 3.82. The van der Waals surface area contributed by atoms with Gasteiger partial charge >= 0.3 is 0 Å². The lowest BCUT2D eigenvalue weighted by atomic mass is 10.1. The van der Waals surface area contributed by atoms with Crippen molar-refractivity contribution in [3.8, 4) is 5.75 Å². The van der Waals surface area contributed by atoms with Crippen molar-refractivity contribution in [3.05, 3.63) is 71.8 Å². The lowest BCUT2D eigenvalue weighted by molar-refractivity contribution is -0.127. The molecule has 0 radical (unpaired) electrons. The van der Waals surface area contributed by atoms with Crippen molar-refractivity contribution in [1.29, 1.82) is 0 Å². The van der Waals surface area contributed by atoms with E-state index in [4.69, 9.17) is 16.3 Å². The summed E-state index contributed by atoms with van der Waals surface area (Å²) in [6.45, 7) is 1.53. The minimum Gasteiger partial charge on any atom is -0.481 e. The first-order chi connectivity index (χ1) is 12.8. The molecule has 0 unspecified atom stereocenters. The summed E-state index contributed by atoms with van der Waals surface area (Å²) in [6.07, 6.45) is -0.909. The second-order valence-corrected chi connectivity index (χ2v) is 7.94. The van der Waals surface area contributed by atoms with Crippen molar-refractivity contribution >= 4 is 38.3 Å². The highest BCUT2D eigenvalue weighted by Gasteiger charge is 2.19. The zero-order chi connectivity index (χ0) is 19.4. The molecule has 1 atom stereocenters.